The Morgan fingerprint density at radius 3 is 2.78 bits per heavy atom. The lowest BCUT2D eigenvalue weighted by atomic mass is 10.1. The Kier molecular flexibility index (Phi) is 4.52. The highest BCUT2D eigenvalue weighted by atomic mass is 16.5. The normalized spacial score (nSPS) is 18.5. The van der Waals surface area contributed by atoms with Crippen LogP contribution < -0.4 is 5.69 Å². The third kappa shape index (κ3) is 3.65. The second-order valence-corrected chi connectivity index (χ2v) is 5.67. The molecule has 6 nitrogen and oxygen atoms in total. The predicted octanol–water partition coefficient (Wildman–Crippen LogP) is 1.69. The van der Waals surface area contributed by atoms with Gasteiger partial charge in [-0.15, -0.1) is 0 Å². The molecule has 1 aliphatic rings. The van der Waals surface area contributed by atoms with E-state index in [0.29, 0.717) is 18.7 Å². The van der Waals surface area contributed by atoms with Gasteiger partial charge in [-0.05, 0) is 31.0 Å². The van der Waals surface area contributed by atoms with E-state index in [1.165, 1.54) is 6.20 Å². The molecule has 1 saturated heterocycles. The summed E-state index contributed by atoms with van der Waals surface area (Å²) in [6, 6.07) is 7.33. The molecule has 1 aromatic heterocycles. The van der Waals surface area contributed by atoms with Crippen LogP contribution >= 0.6 is 0 Å². The molecule has 1 aliphatic heterocycles. The van der Waals surface area contributed by atoms with Crippen LogP contribution in [0.3, 0.4) is 0 Å². The summed E-state index contributed by atoms with van der Waals surface area (Å²) in [4.78, 5) is 31.7. The average Bonchev–Trinajstić information content (AvgIpc) is 2.80. The Morgan fingerprint density at radius 1 is 1.30 bits per heavy atom. The Hall–Kier alpha value is -2.47. The Bertz CT molecular complexity index is 719. The fraction of sp³-hybridized carbons (Fsp3) is 0.353. The zero-order chi connectivity index (χ0) is 16.2. The molecule has 2 aromatic rings. The molecular weight excluding hydrogens is 294 g/mol. The van der Waals surface area contributed by atoms with Gasteiger partial charge in [0.15, 0.2) is 0 Å². The minimum absolute atomic E-state index is 0.0218. The van der Waals surface area contributed by atoms with Crippen LogP contribution in [0.15, 0.2) is 41.5 Å². The molecule has 2 heterocycles. The minimum atomic E-state index is -0.377. The number of benzene rings is 1. The van der Waals surface area contributed by atoms with E-state index in [9.17, 15) is 9.59 Å². The molecule has 0 radical (unpaired) electrons. The molecule has 1 aromatic carbocycles. The van der Waals surface area contributed by atoms with E-state index >= 15 is 0 Å². The van der Waals surface area contributed by atoms with Crippen molar-refractivity contribution in [3.63, 3.8) is 0 Å². The SMILES string of the molecule is CC1CN(C(=O)c2ccc(-c3cnc(=O)[nH]c3)cc2)CCCO1. The predicted molar refractivity (Wildman–Crippen MR) is 86.2 cm³/mol. The van der Waals surface area contributed by atoms with Gasteiger partial charge in [0.05, 0.1) is 6.10 Å². The smallest absolute Gasteiger partial charge is 0.344 e. The number of amides is 1. The number of H-pyrrole nitrogens is 1. The monoisotopic (exact) mass is 313 g/mol. The molecule has 0 aliphatic carbocycles. The number of ether oxygens (including phenoxy) is 1. The van der Waals surface area contributed by atoms with Crippen LogP contribution in [0.5, 0.6) is 0 Å². The Labute approximate surface area is 134 Å². The topological polar surface area (TPSA) is 75.3 Å². The van der Waals surface area contributed by atoms with Gasteiger partial charge in [0.2, 0.25) is 0 Å². The van der Waals surface area contributed by atoms with Gasteiger partial charge < -0.3 is 14.6 Å². The van der Waals surface area contributed by atoms with Gasteiger partial charge in [0, 0.05) is 43.2 Å². The fourth-order valence-corrected chi connectivity index (χ4v) is 2.67. The van der Waals surface area contributed by atoms with Gasteiger partial charge in [-0.1, -0.05) is 12.1 Å². The number of aromatic nitrogens is 2. The van der Waals surface area contributed by atoms with Crippen LogP contribution in [0, 0.1) is 0 Å². The maximum atomic E-state index is 12.6. The van der Waals surface area contributed by atoms with E-state index in [-0.39, 0.29) is 17.7 Å². The summed E-state index contributed by atoms with van der Waals surface area (Å²) >= 11 is 0. The summed E-state index contributed by atoms with van der Waals surface area (Å²) in [6.07, 6.45) is 4.05. The van der Waals surface area contributed by atoms with Gasteiger partial charge >= 0.3 is 5.69 Å². The molecule has 1 unspecified atom stereocenters. The van der Waals surface area contributed by atoms with Crippen molar-refractivity contribution >= 4 is 5.91 Å². The molecule has 3 rings (SSSR count). The largest absolute Gasteiger partial charge is 0.377 e. The number of hydrogen-bond donors (Lipinski definition) is 1. The molecule has 6 heteroatoms. The van der Waals surface area contributed by atoms with Gasteiger partial charge in [0.25, 0.3) is 5.91 Å². The molecular formula is C17H19N3O3. The maximum absolute atomic E-state index is 12.6. The first kappa shape index (κ1) is 15.4. The van der Waals surface area contributed by atoms with Crippen molar-refractivity contribution in [3.8, 4) is 11.1 Å². The first-order chi connectivity index (χ1) is 11.1. The molecule has 23 heavy (non-hydrogen) atoms. The highest BCUT2D eigenvalue weighted by Gasteiger charge is 2.20. The number of hydrogen-bond acceptors (Lipinski definition) is 4. The lowest BCUT2D eigenvalue weighted by Gasteiger charge is -2.22. The number of nitrogens with zero attached hydrogens (tertiary/aromatic N) is 2. The van der Waals surface area contributed by atoms with Crippen molar-refractivity contribution in [2.24, 2.45) is 0 Å². The Balaban J connectivity index is 1.77. The summed E-state index contributed by atoms with van der Waals surface area (Å²) in [6.45, 7) is 4.01. The molecule has 120 valence electrons. The second-order valence-electron chi connectivity index (χ2n) is 5.67. The fourth-order valence-electron chi connectivity index (χ4n) is 2.67. The summed E-state index contributed by atoms with van der Waals surface area (Å²) < 4.78 is 5.58. The van der Waals surface area contributed by atoms with Gasteiger partial charge in [0.1, 0.15) is 0 Å². The van der Waals surface area contributed by atoms with E-state index in [2.05, 4.69) is 9.97 Å². The number of rotatable bonds is 2. The molecule has 1 N–H and O–H groups in total. The molecule has 1 amide bonds. The molecule has 0 spiro atoms. The van der Waals surface area contributed by atoms with E-state index in [1.807, 2.05) is 24.0 Å². The van der Waals surface area contributed by atoms with Crippen molar-refractivity contribution in [2.45, 2.75) is 19.4 Å². The van der Waals surface area contributed by atoms with Crippen LogP contribution in [-0.2, 0) is 4.74 Å². The van der Waals surface area contributed by atoms with Crippen molar-refractivity contribution in [3.05, 3.63) is 52.7 Å². The summed E-state index contributed by atoms with van der Waals surface area (Å²) in [5, 5.41) is 0. The zero-order valence-electron chi connectivity index (χ0n) is 13.0. The quantitative estimate of drug-likeness (QED) is 0.915. The van der Waals surface area contributed by atoms with Crippen LogP contribution in [0.1, 0.15) is 23.7 Å². The van der Waals surface area contributed by atoms with Crippen LogP contribution in [0.25, 0.3) is 11.1 Å². The lowest BCUT2D eigenvalue weighted by molar-refractivity contribution is 0.0563. The zero-order valence-corrected chi connectivity index (χ0v) is 13.0. The maximum Gasteiger partial charge on any atom is 0.344 e. The third-order valence-electron chi connectivity index (χ3n) is 3.88. The van der Waals surface area contributed by atoms with Gasteiger partial charge in [-0.2, -0.15) is 0 Å². The van der Waals surface area contributed by atoms with Crippen LogP contribution in [0.4, 0.5) is 0 Å². The standard InChI is InChI=1S/C17H19N3O3/c1-12-11-20(7-2-8-23-12)16(21)14-5-3-13(4-6-14)15-9-18-17(22)19-10-15/h3-6,9-10,12H,2,7-8,11H2,1H3,(H,18,19,22). The summed E-state index contributed by atoms with van der Waals surface area (Å²) in [7, 11) is 0. The lowest BCUT2D eigenvalue weighted by Crippen LogP contribution is -2.35. The van der Waals surface area contributed by atoms with Gasteiger partial charge in [-0.25, -0.2) is 9.78 Å². The first-order valence-electron chi connectivity index (χ1n) is 7.69. The molecule has 1 atom stereocenters. The van der Waals surface area contributed by atoms with E-state index in [0.717, 1.165) is 24.1 Å². The van der Waals surface area contributed by atoms with Crippen LogP contribution in [0.2, 0.25) is 0 Å². The third-order valence-corrected chi connectivity index (χ3v) is 3.88. The highest BCUT2D eigenvalue weighted by Crippen LogP contribution is 2.18. The molecule has 0 saturated carbocycles. The highest BCUT2D eigenvalue weighted by molar-refractivity contribution is 5.94. The van der Waals surface area contributed by atoms with Crippen molar-refractivity contribution in [2.75, 3.05) is 19.7 Å². The number of nitrogens with one attached hydrogen (secondary N) is 1. The Morgan fingerprint density at radius 2 is 2.09 bits per heavy atom. The second kappa shape index (κ2) is 6.75. The number of aromatic amines is 1. The van der Waals surface area contributed by atoms with Crippen molar-refractivity contribution < 1.29 is 9.53 Å². The van der Waals surface area contributed by atoms with Gasteiger partial charge in [-0.3, -0.25) is 4.79 Å². The minimum Gasteiger partial charge on any atom is -0.377 e. The van der Waals surface area contributed by atoms with E-state index in [4.69, 9.17) is 4.74 Å². The van der Waals surface area contributed by atoms with Crippen LogP contribution in [-0.4, -0.2) is 46.6 Å². The summed E-state index contributed by atoms with van der Waals surface area (Å²) in [5.74, 6) is 0.0218. The number of carbonyl (C=O) groups excluding carboxylic acids is 1. The first-order valence-corrected chi connectivity index (χ1v) is 7.69. The number of carbonyl (C=O) groups is 1. The van der Waals surface area contributed by atoms with Crippen molar-refractivity contribution in [1.82, 2.24) is 14.9 Å². The average molecular weight is 313 g/mol. The van der Waals surface area contributed by atoms with E-state index in [1.54, 1.807) is 18.3 Å². The molecule has 0 bridgehead atoms. The van der Waals surface area contributed by atoms with Crippen molar-refractivity contribution in [1.29, 1.82) is 0 Å². The summed E-state index contributed by atoms with van der Waals surface area (Å²) in [5.41, 5.74) is 1.98. The van der Waals surface area contributed by atoms with E-state index < -0.39 is 0 Å². The molecule has 1 fully saturated rings.